The summed E-state index contributed by atoms with van der Waals surface area (Å²) in [6.45, 7) is 0.467. The zero-order valence-electron chi connectivity index (χ0n) is 13.6. The number of halogens is 2. The van der Waals surface area contributed by atoms with Crippen molar-refractivity contribution in [2.24, 2.45) is 11.8 Å². The molecule has 4 heterocycles. The molecule has 0 unspecified atom stereocenters. The van der Waals surface area contributed by atoms with E-state index in [1.807, 2.05) is 6.07 Å². The fourth-order valence-corrected chi connectivity index (χ4v) is 4.67. The van der Waals surface area contributed by atoms with Crippen LogP contribution in [0.5, 0.6) is 0 Å². The summed E-state index contributed by atoms with van der Waals surface area (Å²) in [5.74, 6) is -0.998. The second-order valence-electron chi connectivity index (χ2n) is 7.00. The number of amides is 2. The average Bonchev–Trinajstić information content (AvgIpc) is 3.36. The number of hydrogen-bond donors (Lipinski definition) is 0. The third-order valence-electron chi connectivity index (χ3n) is 5.49. The quantitative estimate of drug-likeness (QED) is 0.754. The van der Waals surface area contributed by atoms with Crippen molar-refractivity contribution in [3.8, 4) is 0 Å². The first-order valence-electron chi connectivity index (χ1n) is 8.52. The van der Waals surface area contributed by atoms with Crippen LogP contribution in [-0.4, -0.2) is 33.8 Å². The Morgan fingerprint density at radius 3 is 2.42 bits per heavy atom. The minimum Gasteiger partial charge on any atom is -0.373 e. The first-order valence-corrected chi connectivity index (χ1v) is 9.28. The number of ether oxygens (including phenoxy) is 1. The van der Waals surface area contributed by atoms with E-state index in [0.29, 0.717) is 22.3 Å². The molecule has 0 saturated carbocycles. The number of imide groups is 1. The monoisotopic (exact) mass is 391 g/mol. The maximum Gasteiger partial charge on any atom is 0.240 e. The number of hydrogen-bond acceptors (Lipinski definition) is 4. The highest BCUT2D eigenvalue weighted by molar-refractivity contribution is 6.42. The Labute approximate surface area is 159 Å². The second-order valence-corrected chi connectivity index (χ2v) is 7.81. The maximum absolute atomic E-state index is 12.8. The molecule has 2 bridgehead atoms. The van der Waals surface area contributed by atoms with E-state index < -0.39 is 0 Å². The minimum atomic E-state index is -0.334. The summed E-state index contributed by atoms with van der Waals surface area (Å²) in [5.41, 5.74) is 1.44. The van der Waals surface area contributed by atoms with Crippen LogP contribution in [0.25, 0.3) is 0 Å². The fourth-order valence-electron chi connectivity index (χ4n) is 4.35. The van der Waals surface area contributed by atoms with E-state index in [2.05, 4.69) is 5.10 Å². The van der Waals surface area contributed by atoms with E-state index >= 15 is 0 Å². The zero-order chi connectivity index (χ0) is 18.0. The van der Waals surface area contributed by atoms with E-state index in [4.69, 9.17) is 27.9 Å². The minimum absolute atomic E-state index is 0.113. The molecule has 26 heavy (non-hydrogen) atoms. The average molecular weight is 392 g/mol. The number of rotatable bonds is 3. The van der Waals surface area contributed by atoms with Crippen LogP contribution in [0.15, 0.2) is 30.6 Å². The third-order valence-corrected chi connectivity index (χ3v) is 6.23. The highest BCUT2D eigenvalue weighted by atomic mass is 35.5. The van der Waals surface area contributed by atoms with Crippen LogP contribution in [-0.2, 0) is 20.9 Å². The number of fused-ring (bicyclic) bond motifs is 5. The number of aromatic nitrogens is 2. The van der Waals surface area contributed by atoms with Crippen LogP contribution in [0.3, 0.4) is 0 Å². The summed E-state index contributed by atoms with van der Waals surface area (Å²) in [6, 6.07) is 5.37. The number of nitrogens with zero attached hydrogens (tertiary/aromatic N) is 3. The summed E-state index contributed by atoms with van der Waals surface area (Å²) in [6.07, 6.45) is 4.75. The molecular weight excluding hydrogens is 377 g/mol. The Hall–Kier alpha value is -1.89. The molecule has 4 atom stereocenters. The molecule has 0 N–H and O–H groups in total. The van der Waals surface area contributed by atoms with Crippen LogP contribution in [0.1, 0.15) is 18.4 Å². The van der Waals surface area contributed by atoms with Crippen LogP contribution >= 0.6 is 23.2 Å². The van der Waals surface area contributed by atoms with Crippen molar-refractivity contribution < 1.29 is 14.3 Å². The van der Waals surface area contributed by atoms with Gasteiger partial charge in [-0.2, -0.15) is 5.10 Å². The predicted molar refractivity (Wildman–Crippen MR) is 95.2 cm³/mol. The first kappa shape index (κ1) is 16.3. The molecule has 2 aromatic rings. The Morgan fingerprint density at radius 1 is 1.08 bits per heavy atom. The van der Waals surface area contributed by atoms with E-state index in [-0.39, 0.29) is 35.9 Å². The lowest BCUT2D eigenvalue weighted by atomic mass is 9.81. The van der Waals surface area contributed by atoms with Gasteiger partial charge in [0.05, 0.1) is 52.5 Å². The molecule has 134 valence electrons. The van der Waals surface area contributed by atoms with Crippen molar-refractivity contribution in [2.75, 3.05) is 4.90 Å². The third kappa shape index (κ3) is 2.32. The predicted octanol–water partition coefficient (Wildman–Crippen LogP) is 2.91. The van der Waals surface area contributed by atoms with Gasteiger partial charge in [0.25, 0.3) is 0 Å². The van der Waals surface area contributed by atoms with Gasteiger partial charge < -0.3 is 4.74 Å². The van der Waals surface area contributed by atoms with Gasteiger partial charge in [0.15, 0.2) is 0 Å². The molecule has 0 spiro atoms. The van der Waals surface area contributed by atoms with Gasteiger partial charge in [-0.1, -0.05) is 29.3 Å². The molecule has 5 rings (SSSR count). The number of carbonyl (C=O) groups excluding carboxylic acids is 2. The van der Waals surface area contributed by atoms with Crippen molar-refractivity contribution in [2.45, 2.75) is 31.6 Å². The molecule has 2 amide bonds. The Morgan fingerprint density at radius 2 is 1.77 bits per heavy atom. The van der Waals surface area contributed by atoms with Crippen LogP contribution in [0.2, 0.25) is 10.0 Å². The van der Waals surface area contributed by atoms with E-state index in [9.17, 15) is 9.59 Å². The lowest BCUT2D eigenvalue weighted by Crippen LogP contribution is -2.33. The lowest BCUT2D eigenvalue weighted by molar-refractivity contribution is -0.124. The molecule has 1 aromatic heterocycles. The molecule has 1 aromatic carbocycles. The highest BCUT2D eigenvalue weighted by Gasteiger charge is 2.62. The molecule has 0 aliphatic carbocycles. The van der Waals surface area contributed by atoms with Crippen LogP contribution < -0.4 is 4.90 Å². The molecule has 3 saturated heterocycles. The molecule has 6 nitrogen and oxygen atoms in total. The van der Waals surface area contributed by atoms with Gasteiger partial charge >= 0.3 is 0 Å². The molecule has 3 aliphatic heterocycles. The van der Waals surface area contributed by atoms with E-state index in [1.54, 1.807) is 29.2 Å². The number of anilines is 1. The SMILES string of the molecule is O=C1[C@@H]2[C@H](C(=O)N1c1cnn(Cc3ccc(Cl)c(Cl)c3)c1)[C@@H]1CC[C@@H]2O1. The molecule has 8 heteroatoms. The first-order chi connectivity index (χ1) is 12.5. The van der Waals surface area contributed by atoms with Gasteiger partial charge in [0, 0.05) is 6.20 Å². The molecular formula is C18H15Cl2N3O3. The van der Waals surface area contributed by atoms with Crippen molar-refractivity contribution >= 4 is 40.7 Å². The van der Waals surface area contributed by atoms with Crippen molar-refractivity contribution in [1.82, 2.24) is 9.78 Å². The van der Waals surface area contributed by atoms with Gasteiger partial charge in [-0.15, -0.1) is 0 Å². The zero-order valence-corrected chi connectivity index (χ0v) is 15.2. The van der Waals surface area contributed by atoms with Crippen molar-refractivity contribution in [3.05, 3.63) is 46.2 Å². The Bertz CT molecular complexity index is 900. The van der Waals surface area contributed by atoms with E-state index in [0.717, 1.165) is 18.4 Å². The molecule has 3 aliphatic rings. The van der Waals surface area contributed by atoms with Gasteiger partial charge in [0.2, 0.25) is 11.8 Å². The number of carbonyl (C=O) groups is 2. The second kappa shape index (κ2) is 5.81. The summed E-state index contributed by atoms with van der Waals surface area (Å²) >= 11 is 12.0. The fraction of sp³-hybridized carbons (Fsp3) is 0.389. The van der Waals surface area contributed by atoms with Crippen LogP contribution in [0.4, 0.5) is 5.69 Å². The summed E-state index contributed by atoms with van der Waals surface area (Å²) < 4.78 is 7.43. The lowest BCUT2D eigenvalue weighted by Gasteiger charge is -2.15. The molecule has 3 fully saturated rings. The normalized spacial score (nSPS) is 29.7. The highest BCUT2D eigenvalue weighted by Crippen LogP contribution is 2.49. The summed E-state index contributed by atoms with van der Waals surface area (Å²) in [4.78, 5) is 26.9. The van der Waals surface area contributed by atoms with Crippen LogP contribution in [0, 0.1) is 11.8 Å². The summed E-state index contributed by atoms with van der Waals surface area (Å²) in [5, 5.41) is 5.26. The Balaban J connectivity index is 1.39. The standard InChI is InChI=1S/C18H15Cl2N3O3/c19-11-2-1-9(5-12(11)20)7-22-8-10(6-21-22)23-17(24)15-13-3-4-14(26-13)16(15)18(23)25/h1-2,5-6,8,13-16H,3-4,7H2/t13-,14-,15-,16+/m0/s1. The maximum atomic E-state index is 12.8. The van der Waals surface area contributed by atoms with Crippen molar-refractivity contribution in [3.63, 3.8) is 0 Å². The van der Waals surface area contributed by atoms with Gasteiger partial charge in [0.1, 0.15) is 0 Å². The van der Waals surface area contributed by atoms with Gasteiger partial charge in [-0.25, -0.2) is 4.90 Å². The van der Waals surface area contributed by atoms with Gasteiger partial charge in [-0.05, 0) is 30.5 Å². The van der Waals surface area contributed by atoms with Crippen molar-refractivity contribution in [1.29, 1.82) is 0 Å². The van der Waals surface area contributed by atoms with Gasteiger partial charge in [-0.3, -0.25) is 14.3 Å². The smallest absolute Gasteiger partial charge is 0.240 e. The largest absolute Gasteiger partial charge is 0.373 e. The Kier molecular flexibility index (Phi) is 3.64. The number of benzene rings is 1. The molecule has 0 radical (unpaired) electrons. The topological polar surface area (TPSA) is 64.4 Å². The van der Waals surface area contributed by atoms with E-state index in [1.165, 1.54) is 4.90 Å². The summed E-state index contributed by atoms with van der Waals surface area (Å²) in [7, 11) is 0.